The van der Waals surface area contributed by atoms with E-state index in [1.54, 1.807) is 13.5 Å². The monoisotopic (exact) mass is 115 g/mol. The van der Waals surface area contributed by atoms with Crippen LogP contribution in [0.2, 0.25) is 0 Å². The molecule has 0 saturated heterocycles. The van der Waals surface area contributed by atoms with Gasteiger partial charge < -0.3 is 10.6 Å². The Hall–Kier alpha value is -0.730. The number of nitrogens with one attached hydrogen (secondary N) is 2. The summed E-state index contributed by atoms with van der Waals surface area (Å²) in [6, 6.07) is -0.144. The zero-order valence-electron chi connectivity index (χ0n) is 5.19. The van der Waals surface area contributed by atoms with E-state index in [2.05, 4.69) is 10.6 Å². The first-order valence-corrected chi connectivity index (χ1v) is 2.63. The molecule has 0 aliphatic rings. The van der Waals surface area contributed by atoms with Crippen LogP contribution in [0.3, 0.4) is 0 Å². The van der Waals surface area contributed by atoms with E-state index < -0.39 is 0 Å². The average molecular weight is 115 g/mol. The predicted molar refractivity (Wildman–Crippen MR) is 32.2 cm³/mol. The maximum absolute atomic E-state index is 10.4. The lowest BCUT2D eigenvalue weighted by Crippen LogP contribution is -2.32. The van der Waals surface area contributed by atoms with Crippen molar-refractivity contribution in [2.45, 2.75) is 13.8 Å². The minimum absolute atomic E-state index is 0.144. The molecule has 47 valence electrons. The number of carbonyl (C=O) groups is 1. The minimum atomic E-state index is -0.144. The molecule has 0 saturated carbocycles. The number of hydrogen-bond donors (Lipinski definition) is 2. The molecule has 0 aromatic heterocycles. The van der Waals surface area contributed by atoms with Crippen LogP contribution in [-0.2, 0) is 0 Å². The highest BCUT2D eigenvalue weighted by molar-refractivity contribution is 5.74. The fourth-order valence-corrected chi connectivity index (χ4v) is 0.343. The van der Waals surface area contributed by atoms with Gasteiger partial charge in [-0.1, -0.05) is 0 Å². The van der Waals surface area contributed by atoms with Gasteiger partial charge in [0, 0.05) is 13.1 Å². The molecule has 0 spiro atoms. The highest BCUT2D eigenvalue weighted by Gasteiger charge is 1.90. The van der Waals surface area contributed by atoms with Crippen molar-refractivity contribution >= 4 is 6.03 Å². The van der Waals surface area contributed by atoms with Gasteiger partial charge in [-0.3, -0.25) is 0 Å². The molecule has 1 radical (unpaired) electrons. The van der Waals surface area contributed by atoms with Crippen molar-refractivity contribution in [3.8, 4) is 0 Å². The van der Waals surface area contributed by atoms with Crippen molar-refractivity contribution in [3.63, 3.8) is 0 Å². The molecule has 2 amide bonds. The van der Waals surface area contributed by atoms with Gasteiger partial charge in [0.05, 0.1) is 0 Å². The van der Waals surface area contributed by atoms with Crippen molar-refractivity contribution in [1.29, 1.82) is 0 Å². The third kappa shape index (κ3) is 3.46. The van der Waals surface area contributed by atoms with Crippen molar-refractivity contribution in [1.82, 2.24) is 10.6 Å². The lowest BCUT2D eigenvalue weighted by atomic mass is 10.7. The Balaban J connectivity index is 3.06. The number of carbonyl (C=O) groups excluding carboxylic acids is 1. The van der Waals surface area contributed by atoms with Crippen LogP contribution in [0.4, 0.5) is 4.79 Å². The van der Waals surface area contributed by atoms with Gasteiger partial charge in [0.15, 0.2) is 0 Å². The maximum atomic E-state index is 10.4. The van der Waals surface area contributed by atoms with Crippen molar-refractivity contribution < 1.29 is 4.79 Å². The topological polar surface area (TPSA) is 41.1 Å². The van der Waals surface area contributed by atoms with E-state index in [1.807, 2.05) is 6.92 Å². The van der Waals surface area contributed by atoms with Crippen molar-refractivity contribution in [3.05, 3.63) is 6.54 Å². The summed E-state index contributed by atoms with van der Waals surface area (Å²) in [4.78, 5) is 10.4. The van der Waals surface area contributed by atoms with E-state index in [9.17, 15) is 4.79 Å². The van der Waals surface area contributed by atoms with E-state index in [4.69, 9.17) is 0 Å². The van der Waals surface area contributed by atoms with Crippen molar-refractivity contribution in [2.75, 3.05) is 6.54 Å². The van der Waals surface area contributed by atoms with Crippen LogP contribution in [0.15, 0.2) is 0 Å². The molecule has 3 nitrogen and oxygen atoms in total. The van der Waals surface area contributed by atoms with Crippen LogP contribution >= 0.6 is 0 Å². The molecule has 2 N–H and O–H groups in total. The molecule has 0 rings (SSSR count). The summed E-state index contributed by atoms with van der Waals surface area (Å²) < 4.78 is 0. The number of rotatable bonds is 2. The Morgan fingerprint density at radius 3 is 2.75 bits per heavy atom. The Bertz CT molecular complexity index is 64.8. The van der Waals surface area contributed by atoms with Crippen LogP contribution in [0, 0.1) is 6.54 Å². The highest BCUT2D eigenvalue weighted by atomic mass is 16.2. The van der Waals surface area contributed by atoms with Crippen molar-refractivity contribution in [2.24, 2.45) is 0 Å². The minimum Gasteiger partial charge on any atom is -0.338 e. The Morgan fingerprint density at radius 2 is 2.38 bits per heavy atom. The Labute approximate surface area is 49.5 Å². The third-order valence-corrected chi connectivity index (χ3v) is 0.613. The zero-order chi connectivity index (χ0) is 6.41. The first-order valence-electron chi connectivity index (χ1n) is 2.63. The predicted octanol–water partition coefficient (Wildman–Crippen LogP) is 0.487. The van der Waals surface area contributed by atoms with Crippen LogP contribution in [0.1, 0.15) is 13.8 Å². The van der Waals surface area contributed by atoms with E-state index in [0.717, 1.165) is 0 Å². The average Bonchev–Trinajstić information content (AvgIpc) is 1.68. The molecule has 0 heterocycles. The van der Waals surface area contributed by atoms with Gasteiger partial charge in [-0.2, -0.15) is 0 Å². The fourth-order valence-electron chi connectivity index (χ4n) is 0.343. The summed E-state index contributed by atoms with van der Waals surface area (Å²) in [5, 5.41) is 5.04. The quantitative estimate of drug-likeness (QED) is 0.540. The molecule has 0 aliphatic carbocycles. The van der Waals surface area contributed by atoms with Crippen LogP contribution < -0.4 is 10.6 Å². The van der Waals surface area contributed by atoms with Gasteiger partial charge in [0.2, 0.25) is 0 Å². The third-order valence-electron chi connectivity index (χ3n) is 0.613. The smallest absolute Gasteiger partial charge is 0.315 e. The van der Waals surface area contributed by atoms with Gasteiger partial charge in [0.25, 0.3) is 0 Å². The standard InChI is InChI=1S/C5H11N2O/c1-3-6-5(8)7-4-2/h3H,4H2,1-2H3,(H2,6,7,8). The SMILES string of the molecule is C[CH]NC(=O)NCC. The number of amides is 2. The Kier molecular flexibility index (Phi) is 4.03. The first kappa shape index (κ1) is 7.27. The summed E-state index contributed by atoms with van der Waals surface area (Å²) in [6.45, 7) is 5.88. The molecule has 0 unspecified atom stereocenters. The zero-order valence-corrected chi connectivity index (χ0v) is 5.19. The molecule has 0 fully saturated rings. The highest BCUT2D eigenvalue weighted by Crippen LogP contribution is 1.64. The van der Waals surface area contributed by atoms with E-state index >= 15 is 0 Å². The van der Waals surface area contributed by atoms with Crippen LogP contribution in [-0.4, -0.2) is 12.6 Å². The van der Waals surface area contributed by atoms with E-state index in [-0.39, 0.29) is 6.03 Å². The van der Waals surface area contributed by atoms with Gasteiger partial charge in [0.1, 0.15) is 0 Å². The lowest BCUT2D eigenvalue weighted by molar-refractivity contribution is 0.243. The van der Waals surface area contributed by atoms with Gasteiger partial charge >= 0.3 is 6.03 Å². The summed E-state index contributed by atoms with van der Waals surface area (Å²) in [6.07, 6.45) is 0. The summed E-state index contributed by atoms with van der Waals surface area (Å²) in [7, 11) is 0. The first-order chi connectivity index (χ1) is 3.81. The van der Waals surface area contributed by atoms with Gasteiger partial charge in [-0.15, -0.1) is 0 Å². The second kappa shape index (κ2) is 4.43. The molecule has 0 aromatic rings. The second-order valence-corrected chi connectivity index (χ2v) is 1.29. The van der Waals surface area contributed by atoms with Crippen LogP contribution in [0.5, 0.6) is 0 Å². The molecular formula is C5H11N2O. The van der Waals surface area contributed by atoms with E-state index in [1.165, 1.54) is 0 Å². The normalized spacial score (nSPS) is 8.25. The molecule has 8 heavy (non-hydrogen) atoms. The van der Waals surface area contributed by atoms with E-state index in [0.29, 0.717) is 6.54 Å². The molecule has 0 bridgehead atoms. The fraction of sp³-hybridized carbons (Fsp3) is 0.600. The summed E-state index contributed by atoms with van der Waals surface area (Å²) in [5.74, 6) is 0. The van der Waals surface area contributed by atoms with Gasteiger partial charge in [-0.05, 0) is 13.8 Å². The second-order valence-electron chi connectivity index (χ2n) is 1.29. The Morgan fingerprint density at radius 1 is 1.75 bits per heavy atom. The van der Waals surface area contributed by atoms with Gasteiger partial charge in [-0.25, -0.2) is 4.79 Å². The van der Waals surface area contributed by atoms with Crippen LogP contribution in [0.25, 0.3) is 0 Å². The molecule has 0 aromatic carbocycles. The number of hydrogen-bond acceptors (Lipinski definition) is 1. The molecule has 0 aliphatic heterocycles. The lowest BCUT2D eigenvalue weighted by Gasteiger charge is -1.99. The summed E-state index contributed by atoms with van der Waals surface area (Å²) in [5.41, 5.74) is 0. The largest absolute Gasteiger partial charge is 0.338 e. The summed E-state index contributed by atoms with van der Waals surface area (Å²) >= 11 is 0. The molecule has 3 heteroatoms. The molecular weight excluding hydrogens is 104 g/mol. The molecule has 0 atom stereocenters. The maximum Gasteiger partial charge on any atom is 0.315 e. The number of urea groups is 1.